The summed E-state index contributed by atoms with van der Waals surface area (Å²) in [5.74, 6) is -0.502. The van der Waals surface area contributed by atoms with E-state index in [1.807, 2.05) is 19.9 Å². The molecular formula is C16H23N3O3. The first kappa shape index (κ1) is 15.1. The number of aryl methyl sites for hydroxylation is 1. The molecule has 2 fully saturated rings. The summed E-state index contributed by atoms with van der Waals surface area (Å²) in [5.41, 5.74) is 0.706. The Bertz CT molecular complexity index is 622. The summed E-state index contributed by atoms with van der Waals surface area (Å²) in [4.78, 5) is 26.2. The highest BCUT2D eigenvalue weighted by Gasteiger charge is 2.56. The van der Waals surface area contributed by atoms with Gasteiger partial charge in [-0.05, 0) is 30.7 Å². The van der Waals surface area contributed by atoms with E-state index in [4.69, 9.17) is 0 Å². The summed E-state index contributed by atoms with van der Waals surface area (Å²) in [5, 5.41) is 14.0. The van der Waals surface area contributed by atoms with E-state index in [1.54, 1.807) is 16.6 Å². The molecule has 0 radical (unpaired) electrons. The lowest BCUT2D eigenvalue weighted by Crippen LogP contribution is -2.37. The Morgan fingerprint density at radius 2 is 2.18 bits per heavy atom. The topological polar surface area (TPSA) is 75.4 Å². The molecule has 1 aliphatic carbocycles. The first-order valence-electron chi connectivity index (χ1n) is 7.92. The van der Waals surface area contributed by atoms with Crippen LogP contribution in [0.4, 0.5) is 0 Å². The van der Waals surface area contributed by atoms with Crippen LogP contribution in [0.25, 0.3) is 0 Å². The van der Waals surface area contributed by atoms with Gasteiger partial charge >= 0.3 is 5.97 Å². The summed E-state index contributed by atoms with van der Waals surface area (Å²) in [6.07, 6.45) is 2.53. The Labute approximate surface area is 130 Å². The minimum Gasteiger partial charge on any atom is -0.481 e. The van der Waals surface area contributed by atoms with E-state index in [0.29, 0.717) is 25.2 Å². The van der Waals surface area contributed by atoms with Crippen molar-refractivity contribution < 1.29 is 14.7 Å². The molecule has 22 heavy (non-hydrogen) atoms. The minimum absolute atomic E-state index is 0.0896. The third-order valence-corrected chi connectivity index (χ3v) is 5.29. The summed E-state index contributed by atoms with van der Waals surface area (Å²) < 4.78 is 1.61. The van der Waals surface area contributed by atoms with Crippen molar-refractivity contribution in [2.45, 2.75) is 39.0 Å². The third kappa shape index (κ3) is 2.12. The van der Waals surface area contributed by atoms with Crippen LogP contribution < -0.4 is 0 Å². The third-order valence-electron chi connectivity index (χ3n) is 5.29. The largest absolute Gasteiger partial charge is 0.481 e. The molecule has 1 aromatic heterocycles. The molecule has 0 bridgehead atoms. The maximum absolute atomic E-state index is 12.8. The molecule has 1 N–H and O–H groups in total. The Morgan fingerprint density at radius 3 is 2.73 bits per heavy atom. The van der Waals surface area contributed by atoms with Gasteiger partial charge in [0.15, 0.2) is 0 Å². The van der Waals surface area contributed by atoms with E-state index in [9.17, 15) is 14.7 Å². The molecule has 1 amide bonds. The number of amides is 1. The van der Waals surface area contributed by atoms with Crippen molar-refractivity contribution in [2.75, 3.05) is 13.1 Å². The normalized spacial score (nSPS) is 27.5. The predicted octanol–water partition coefficient (Wildman–Crippen LogP) is 1.87. The molecule has 2 heterocycles. The second kappa shape index (κ2) is 5.11. The molecule has 2 aliphatic rings. The zero-order valence-corrected chi connectivity index (χ0v) is 13.4. The molecule has 0 aromatic carbocycles. The lowest BCUT2D eigenvalue weighted by atomic mass is 9.81. The van der Waals surface area contributed by atoms with Crippen LogP contribution in [0.1, 0.15) is 55.2 Å². The van der Waals surface area contributed by atoms with Gasteiger partial charge in [0.1, 0.15) is 5.69 Å². The van der Waals surface area contributed by atoms with Crippen LogP contribution in [0.15, 0.2) is 6.07 Å². The molecule has 2 atom stereocenters. The van der Waals surface area contributed by atoms with Crippen LogP contribution in [0.3, 0.4) is 0 Å². The molecule has 0 spiro atoms. The van der Waals surface area contributed by atoms with Crippen molar-refractivity contribution in [2.24, 2.45) is 18.4 Å². The number of hydrogen-bond acceptors (Lipinski definition) is 3. The number of likely N-dealkylation sites (tertiary alicyclic amines) is 1. The lowest BCUT2D eigenvalue weighted by Gasteiger charge is -2.23. The van der Waals surface area contributed by atoms with E-state index in [2.05, 4.69) is 5.10 Å². The number of carbonyl (C=O) groups excluding carboxylic acids is 1. The number of hydrogen-bond donors (Lipinski definition) is 1. The maximum atomic E-state index is 12.8. The number of carbonyl (C=O) groups is 2. The van der Waals surface area contributed by atoms with Gasteiger partial charge in [0.25, 0.3) is 5.91 Å². The van der Waals surface area contributed by atoms with Gasteiger partial charge in [-0.25, -0.2) is 0 Å². The van der Waals surface area contributed by atoms with Gasteiger partial charge in [0.05, 0.1) is 11.1 Å². The van der Waals surface area contributed by atoms with E-state index in [-0.39, 0.29) is 17.7 Å². The summed E-state index contributed by atoms with van der Waals surface area (Å²) >= 11 is 0. The highest BCUT2D eigenvalue weighted by molar-refractivity contribution is 5.93. The standard InChI is InChI=1S/C16H23N3O3/c1-10(2)12-7-13(18(3)17-12)14(20)19-8-11-5-4-6-16(11,9-19)15(21)22/h7,10-11H,4-6,8-9H2,1-3H3,(H,21,22)/t11-,16+/m0/s1. The van der Waals surface area contributed by atoms with Crippen LogP contribution >= 0.6 is 0 Å². The lowest BCUT2D eigenvalue weighted by molar-refractivity contribution is -0.149. The smallest absolute Gasteiger partial charge is 0.311 e. The number of nitrogens with zero attached hydrogens (tertiary/aromatic N) is 3. The highest BCUT2D eigenvalue weighted by atomic mass is 16.4. The van der Waals surface area contributed by atoms with Gasteiger partial charge in [-0.15, -0.1) is 0 Å². The van der Waals surface area contributed by atoms with Crippen molar-refractivity contribution in [3.63, 3.8) is 0 Å². The highest BCUT2D eigenvalue weighted by Crippen LogP contribution is 2.49. The van der Waals surface area contributed by atoms with Gasteiger partial charge in [-0.1, -0.05) is 20.3 Å². The Hall–Kier alpha value is -1.85. The number of aromatic nitrogens is 2. The molecule has 120 valence electrons. The van der Waals surface area contributed by atoms with Crippen molar-refractivity contribution in [3.8, 4) is 0 Å². The van der Waals surface area contributed by atoms with Crippen LogP contribution in [0, 0.1) is 11.3 Å². The van der Waals surface area contributed by atoms with Gasteiger partial charge in [-0.2, -0.15) is 5.10 Å². The van der Waals surface area contributed by atoms with Crippen LogP contribution in [0.5, 0.6) is 0 Å². The van der Waals surface area contributed by atoms with Gasteiger partial charge in [0.2, 0.25) is 0 Å². The molecule has 3 rings (SSSR count). The van der Waals surface area contributed by atoms with Crippen molar-refractivity contribution in [1.29, 1.82) is 0 Å². The number of fused-ring (bicyclic) bond motifs is 1. The van der Waals surface area contributed by atoms with E-state index >= 15 is 0 Å². The summed E-state index contributed by atoms with van der Waals surface area (Å²) in [7, 11) is 1.77. The summed E-state index contributed by atoms with van der Waals surface area (Å²) in [6, 6.07) is 1.83. The van der Waals surface area contributed by atoms with Gasteiger partial charge in [-0.3, -0.25) is 14.3 Å². The average molecular weight is 305 g/mol. The fraction of sp³-hybridized carbons (Fsp3) is 0.688. The first-order chi connectivity index (χ1) is 10.3. The van der Waals surface area contributed by atoms with E-state index in [0.717, 1.165) is 18.5 Å². The fourth-order valence-corrected chi connectivity index (χ4v) is 3.93. The zero-order valence-electron chi connectivity index (χ0n) is 13.4. The maximum Gasteiger partial charge on any atom is 0.311 e. The SMILES string of the molecule is CC(C)c1cc(C(=O)N2C[C@@H]3CCC[C@@]3(C(=O)O)C2)n(C)n1. The number of carboxylic acid groups (broad SMARTS) is 1. The molecule has 1 aromatic rings. The predicted molar refractivity (Wildman–Crippen MR) is 80.6 cm³/mol. The van der Waals surface area contributed by atoms with Crippen LogP contribution in [-0.2, 0) is 11.8 Å². The van der Waals surface area contributed by atoms with Gasteiger partial charge < -0.3 is 10.0 Å². The monoisotopic (exact) mass is 305 g/mol. The van der Waals surface area contributed by atoms with Crippen molar-refractivity contribution in [3.05, 3.63) is 17.5 Å². The van der Waals surface area contributed by atoms with E-state index in [1.165, 1.54) is 0 Å². The second-order valence-electron chi connectivity index (χ2n) is 6.97. The molecule has 1 saturated carbocycles. The van der Waals surface area contributed by atoms with Crippen LogP contribution in [0.2, 0.25) is 0 Å². The van der Waals surface area contributed by atoms with Crippen LogP contribution in [-0.4, -0.2) is 44.8 Å². The van der Waals surface area contributed by atoms with Crippen molar-refractivity contribution in [1.82, 2.24) is 14.7 Å². The average Bonchev–Trinajstić information content (AvgIpc) is 3.08. The minimum atomic E-state index is -0.752. The number of carboxylic acids is 1. The Morgan fingerprint density at radius 1 is 1.45 bits per heavy atom. The molecule has 1 saturated heterocycles. The molecule has 6 nitrogen and oxygen atoms in total. The quantitative estimate of drug-likeness (QED) is 0.925. The van der Waals surface area contributed by atoms with E-state index < -0.39 is 11.4 Å². The molecule has 0 unspecified atom stereocenters. The second-order valence-corrected chi connectivity index (χ2v) is 6.97. The zero-order chi connectivity index (χ0) is 16.1. The molecular weight excluding hydrogens is 282 g/mol. The fourth-order valence-electron chi connectivity index (χ4n) is 3.93. The Balaban J connectivity index is 1.84. The first-order valence-corrected chi connectivity index (χ1v) is 7.92. The molecule has 6 heteroatoms. The molecule has 1 aliphatic heterocycles. The number of rotatable bonds is 3. The van der Waals surface area contributed by atoms with Crippen molar-refractivity contribution >= 4 is 11.9 Å². The summed E-state index contributed by atoms with van der Waals surface area (Å²) in [6.45, 7) is 4.95. The Kier molecular flexibility index (Phi) is 3.50. The number of aliphatic carboxylic acids is 1. The van der Waals surface area contributed by atoms with Gasteiger partial charge in [0, 0.05) is 20.1 Å².